The fraction of sp³-hybridized carbons (Fsp3) is 0.167. The van der Waals surface area contributed by atoms with E-state index in [0.717, 1.165) is 61.9 Å². The van der Waals surface area contributed by atoms with E-state index < -0.39 is 71.3 Å². The van der Waals surface area contributed by atoms with E-state index in [2.05, 4.69) is 161 Å². The molecule has 0 bridgehead atoms. The van der Waals surface area contributed by atoms with E-state index in [9.17, 15) is 5.48 Å². The molecule has 0 spiro atoms. The molecular formula is C72H64N5Pt-3. The molecule has 390 valence electrons. The molecule has 0 aliphatic carbocycles. The number of fused-ring (bicyclic) bond motifs is 6. The standard InChI is InChI=1S/C72H64N5.Pt/c1-70(2,3)51-39-40-73-68(45-51)77-64-34-22-21-33-60(64)58-31-19-20-32-59(58)61-38-37-55(47-67(61)77)76(54-29-17-12-18-30-54)57-42-52(71(4,5)6)41-56(46-57)74-48-75(66-36-24-23-35-65(66)74)69-62(49-25-13-10-14-26-49)43-53(72(7,8)9)44-63(69)50-27-15-11-16-28-50;/h10-45,48H,1-9H3;/q-3;/i10D,11D,13D,14D,15D,16D,25D,26D,27D,28D;. The van der Waals surface area contributed by atoms with Gasteiger partial charge in [0.05, 0.1) is 19.4 Å². The fourth-order valence-electron chi connectivity index (χ4n) is 10.4. The first-order valence-corrected chi connectivity index (χ1v) is 26.0. The Kier molecular flexibility index (Phi) is 10.8. The van der Waals surface area contributed by atoms with Crippen molar-refractivity contribution in [2.24, 2.45) is 0 Å². The molecule has 6 heteroatoms. The maximum absolute atomic E-state index is 9.45. The summed E-state index contributed by atoms with van der Waals surface area (Å²) in [6, 6.07) is 53.9. The minimum Gasteiger partial charge on any atom is -0.493 e. The van der Waals surface area contributed by atoms with Gasteiger partial charge >= 0.3 is 0 Å². The number of nitrogens with zero attached hydrogens (tertiary/aromatic N) is 5. The zero-order valence-electron chi connectivity index (χ0n) is 55.1. The zero-order chi connectivity index (χ0) is 61.9. The number of aromatic nitrogens is 1. The first-order chi connectivity index (χ1) is 41.2. The minimum absolute atomic E-state index is 0. The Hall–Kier alpha value is -7.98. The molecule has 2 aliphatic rings. The number of rotatable bonds is 8. The molecule has 3 heterocycles. The fourth-order valence-corrected chi connectivity index (χ4v) is 10.4. The Bertz CT molecular complexity index is 4290. The summed E-state index contributed by atoms with van der Waals surface area (Å²) in [7, 11) is 0. The third-order valence-electron chi connectivity index (χ3n) is 14.5. The summed E-state index contributed by atoms with van der Waals surface area (Å²) in [4.78, 5) is 13.3. The van der Waals surface area contributed by atoms with Crippen molar-refractivity contribution in [2.45, 2.75) is 78.6 Å². The van der Waals surface area contributed by atoms with Crippen LogP contribution in [0, 0.1) is 18.8 Å². The van der Waals surface area contributed by atoms with Crippen molar-refractivity contribution < 1.29 is 34.8 Å². The van der Waals surface area contributed by atoms with Crippen molar-refractivity contribution in [1.82, 2.24) is 4.98 Å². The normalized spacial score (nSPS) is 14.8. The molecule has 10 aromatic rings. The van der Waals surface area contributed by atoms with E-state index in [1.165, 1.54) is 0 Å². The summed E-state index contributed by atoms with van der Waals surface area (Å²) < 4.78 is 90.8. The summed E-state index contributed by atoms with van der Waals surface area (Å²) in [6.45, 7) is 20.8. The maximum Gasteiger partial charge on any atom is 0.135 e. The molecule has 1 aromatic heterocycles. The Morgan fingerprint density at radius 1 is 0.462 bits per heavy atom. The van der Waals surface area contributed by atoms with Crippen LogP contribution in [-0.4, -0.2) is 4.98 Å². The Morgan fingerprint density at radius 2 is 0.987 bits per heavy atom. The second-order valence-corrected chi connectivity index (χ2v) is 22.7. The van der Waals surface area contributed by atoms with Gasteiger partial charge in [-0.05, 0) is 98.7 Å². The van der Waals surface area contributed by atoms with Crippen molar-refractivity contribution in [3.05, 3.63) is 254 Å². The van der Waals surface area contributed by atoms with Gasteiger partial charge in [-0.2, -0.15) is 6.07 Å². The van der Waals surface area contributed by atoms with E-state index >= 15 is 0 Å². The SMILES string of the molecule is [2H]c1c([2H])c([2H])c(-c2cc(C(C)(C)C)cc(-c3c([2H])c([2H])c([2H])c([2H])c3[2H])c2N2[CH-]N(c3[c-]c(N(c4[c-]c5c(cc4)-c4ccccc4-c4ccccc4N5c4cc(C(C)(C)C)ccn4)c4ccccc4)cc(C(C)(C)C)c3)c3ccccc32)c([2H])c1[2H].[Pt]. The average Bonchev–Trinajstić information content (AvgIpc) is 1.24. The van der Waals surface area contributed by atoms with Crippen LogP contribution in [0.5, 0.6) is 0 Å². The van der Waals surface area contributed by atoms with Crippen LogP contribution in [0.3, 0.4) is 0 Å². The Morgan fingerprint density at radius 3 is 1.59 bits per heavy atom. The number of pyridine rings is 1. The van der Waals surface area contributed by atoms with E-state index in [1.54, 1.807) is 12.1 Å². The smallest absolute Gasteiger partial charge is 0.135 e. The van der Waals surface area contributed by atoms with E-state index in [-0.39, 0.29) is 54.4 Å². The number of hydrogen-bond donors (Lipinski definition) is 0. The van der Waals surface area contributed by atoms with Gasteiger partial charge in [-0.25, -0.2) is 4.98 Å². The van der Waals surface area contributed by atoms with Gasteiger partial charge in [0.2, 0.25) is 0 Å². The van der Waals surface area contributed by atoms with Crippen LogP contribution in [0.1, 0.15) is 92.7 Å². The van der Waals surface area contributed by atoms with Gasteiger partial charge in [0.1, 0.15) is 5.82 Å². The van der Waals surface area contributed by atoms with E-state index in [4.69, 9.17) is 13.2 Å². The van der Waals surface area contributed by atoms with Crippen LogP contribution in [0.25, 0.3) is 44.5 Å². The number of anilines is 10. The van der Waals surface area contributed by atoms with Gasteiger partial charge in [0.15, 0.2) is 0 Å². The molecule has 78 heavy (non-hydrogen) atoms. The first-order valence-electron chi connectivity index (χ1n) is 31.0. The molecule has 0 radical (unpaired) electrons. The monoisotopic (exact) mass is 1200 g/mol. The van der Waals surface area contributed by atoms with Crippen LogP contribution < -0.4 is 19.6 Å². The van der Waals surface area contributed by atoms with E-state index in [0.29, 0.717) is 28.3 Å². The molecular weight excluding hydrogens is 1130 g/mol. The number of hydrogen-bond acceptors (Lipinski definition) is 5. The van der Waals surface area contributed by atoms with Crippen LogP contribution in [0.15, 0.2) is 218 Å². The molecule has 12 rings (SSSR count). The molecule has 0 saturated carbocycles. The third kappa shape index (κ3) is 9.64. The van der Waals surface area contributed by atoms with Crippen molar-refractivity contribution in [3.8, 4) is 44.5 Å². The van der Waals surface area contributed by atoms with Crippen LogP contribution in [0.4, 0.5) is 57.0 Å². The molecule has 0 N–H and O–H groups in total. The van der Waals surface area contributed by atoms with Gasteiger partial charge in [0.25, 0.3) is 0 Å². The summed E-state index contributed by atoms with van der Waals surface area (Å²) in [5.41, 5.74) is 12.0. The van der Waals surface area contributed by atoms with Crippen molar-refractivity contribution in [3.63, 3.8) is 0 Å². The van der Waals surface area contributed by atoms with Gasteiger partial charge < -0.3 is 19.6 Å². The van der Waals surface area contributed by atoms with Gasteiger partial charge in [-0.15, -0.1) is 53.8 Å². The predicted octanol–water partition coefficient (Wildman–Crippen LogP) is 19.9. The van der Waals surface area contributed by atoms with Crippen molar-refractivity contribution >= 4 is 57.0 Å². The number of benzene rings is 9. The largest absolute Gasteiger partial charge is 0.493 e. The van der Waals surface area contributed by atoms with Gasteiger partial charge in [0, 0.05) is 66.7 Å². The summed E-state index contributed by atoms with van der Waals surface area (Å²) in [5, 5.41) is 0. The average molecular weight is 1200 g/mol. The molecule has 0 fully saturated rings. The third-order valence-corrected chi connectivity index (χ3v) is 14.5. The molecule has 0 atom stereocenters. The topological polar surface area (TPSA) is 25.9 Å². The molecule has 0 unspecified atom stereocenters. The predicted molar refractivity (Wildman–Crippen MR) is 324 cm³/mol. The van der Waals surface area contributed by atoms with Crippen molar-refractivity contribution in [1.29, 1.82) is 0 Å². The molecule has 0 saturated heterocycles. The van der Waals surface area contributed by atoms with Crippen molar-refractivity contribution in [2.75, 3.05) is 19.6 Å². The second-order valence-electron chi connectivity index (χ2n) is 22.7. The summed E-state index contributed by atoms with van der Waals surface area (Å²) in [5.74, 6) is 0.748. The molecule has 0 amide bonds. The summed E-state index contributed by atoms with van der Waals surface area (Å²) >= 11 is 0. The quantitative estimate of drug-likeness (QED) is 0.141. The summed E-state index contributed by atoms with van der Waals surface area (Å²) in [6.07, 6.45) is 1.88. The Balaban J connectivity index is 0.00000800. The molecule has 2 aliphatic heterocycles. The maximum atomic E-state index is 9.45. The van der Waals surface area contributed by atoms with Crippen LogP contribution >= 0.6 is 0 Å². The second kappa shape index (κ2) is 20.4. The van der Waals surface area contributed by atoms with E-state index in [1.807, 2.05) is 85.9 Å². The van der Waals surface area contributed by atoms with Crippen LogP contribution in [0.2, 0.25) is 0 Å². The number of para-hydroxylation sites is 4. The molecule has 5 nitrogen and oxygen atoms in total. The Labute approximate surface area is 490 Å². The zero-order valence-corrected chi connectivity index (χ0v) is 47.4. The molecule has 9 aromatic carbocycles. The van der Waals surface area contributed by atoms with Gasteiger partial charge in [-0.3, -0.25) is 0 Å². The van der Waals surface area contributed by atoms with Gasteiger partial charge in [-0.1, -0.05) is 218 Å². The van der Waals surface area contributed by atoms with Crippen LogP contribution in [-0.2, 0) is 37.3 Å². The first kappa shape index (κ1) is 41.2. The minimum atomic E-state index is -0.652.